The van der Waals surface area contributed by atoms with Crippen LogP contribution in [0, 0.1) is 11.3 Å². The average molecular weight is 255 g/mol. The lowest BCUT2D eigenvalue weighted by Crippen LogP contribution is -2.70. The fraction of sp³-hybridized carbons (Fsp3) is 0.800. The first-order chi connectivity index (χ1) is 8.90. The summed E-state index contributed by atoms with van der Waals surface area (Å²) in [5, 5.41) is 9.47. The molecule has 0 saturated carbocycles. The number of hydrogen-bond donors (Lipinski definition) is 0. The van der Waals surface area contributed by atoms with E-state index in [1.54, 1.807) is 0 Å². The molecule has 19 heavy (non-hydrogen) atoms. The van der Waals surface area contributed by atoms with Crippen molar-refractivity contribution in [3.8, 4) is 6.07 Å². The summed E-state index contributed by atoms with van der Waals surface area (Å²) in [6.45, 7) is 0.901. The first-order valence-corrected chi connectivity index (χ1v) is 8.93. The van der Waals surface area contributed by atoms with Crippen molar-refractivity contribution in [2.75, 3.05) is 5.75 Å². The Labute approximate surface area is 131 Å². The van der Waals surface area contributed by atoms with Crippen LogP contribution in [0.15, 0.2) is 0 Å². The Kier molecular flexibility index (Phi) is 7.59. The van der Waals surface area contributed by atoms with E-state index in [0.29, 0.717) is 6.42 Å². The Morgan fingerprint density at radius 2 is 1.68 bits per heavy atom. The van der Waals surface area contributed by atoms with E-state index in [9.17, 15) is 0 Å². The van der Waals surface area contributed by atoms with Crippen molar-refractivity contribution in [3.05, 3.63) is 0 Å². The minimum Gasteiger partial charge on any atom is -0.198 e. The second-order valence-electron chi connectivity index (χ2n) is 7.10. The van der Waals surface area contributed by atoms with Crippen LogP contribution in [0.25, 0.3) is 0 Å². The zero-order valence-corrected chi connectivity index (χ0v) is 14.3. The summed E-state index contributed by atoms with van der Waals surface area (Å²) in [5.74, 6) is 1.02. The van der Waals surface area contributed by atoms with E-state index in [-0.39, 0.29) is 0 Å². The van der Waals surface area contributed by atoms with Gasteiger partial charge in [-0.05, 0) is 5.15 Å². The predicted octanol–water partition coefficient (Wildman–Crippen LogP) is -6.31. The molecule has 1 aliphatic rings. The Hall–Kier alpha value is 0.619. The van der Waals surface area contributed by atoms with Gasteiger partial charge in [0.1, 0.15) is 6.60 Å². The molecule has 0 aromatic carbocycles. The molecule has 0 aliphatic carbocycles. The zero-order valence-electron chi connectivity index (χ0n) is 13.5. The quantitative estimate of drug-likeness (QED) is 0.318. The third-order valence-corrected chi connectivity index (χ3v) is 5.98. The van der Waals surface area contributed by atoms with E-state index in [2.05, 4.69) is 52.5 Å². The molecule has 1 aliphatic heterocycles. The van der Waals surface area contributed by atoms with E-state index < -0.39 is 0 Å². The van der Waals surface area contributed by atoms with Crippen molar-refractivity contribution in [1.82, 2.24) is 0 Å². The molecule has 0 radical (unpaired) electrons. The van der Waals surface area contributed by atoms with Crippen molar-refractivity contribution >= 4 is 96.7 Å². The van der Waals surface area contributed by atoms with E-state index in [0.717, 1.165) is 49.4 Å². The molecule has 1 fully saturated rings. The summed E-state index contributed by atoms with van der Waals surface area (Å²) in [6, 6.07) is 2.26. The molecular weight excluding hydrogens is 236 g/mol. The van der Waals surface area contributed by atoms with Crippen molar-refractivity contribution in [3.63, 3.8) is 0 Å². The molecule has 1 rings (SSSR count). The highest BCUT2D eigenvalue weighted by Gasteiger charge is 2.52. The first-order valence-electron chi connectivity index (χ1n) is 7.88. The maximum atomic E-state index is 8.63. The maximum Gasteiger partial charge on any atom is 0.106 e. The molecule has 0 N–H and O–H groups in total. The Balaban J connectivity index is 2.62. The van der Waals surface area contributed by atoms with E-state index in [1.807, 2.05) is 11.8 Å². The van der Waals surface area contributed by atoms with E-state index >= 15 is 0 Å². The highest BCUT2D eigenvalue weighted by Crippen LogP contribution is 2.37. The minimum atomic E-state index is 0.706. The highest BCUT2D eigenvalue weighted by molar-refractivity contribution is 8.11. The Bertz CT molecular complexity index is 310. The third-order valence-electron chi connectivity index (χ3n) is 4.57. The third kappa shape index (κ3) is 5.14. The fourth-order valence-electron chi connectivity index (χ4n) is 3.93. The number of thioether (sulfide) groups is 1. The largest absolute Gasteiger partial charge is 0.198 e. The number of rotatable bonds is 8. The van der Waals surface area contributed by atoms with E-state index in [1.165, 1.54) is 6.32 Å². The SMILES string of the molecule is BB(B)B(B(B)B)B(B(B)B)B1CC1SCCC#N. The summed E-state index contributed by atoms with van der Waals surface area (Å²) < 4.78 is 0. The molecule has 1 nitrogen and oxygen atoms in total. The second kappa shape index (κ2) is 8.16. The van der Waals surface area contributed by atoms with Gasteiger partial charge in [-0.25, -0.2) is 0 Å². The molecule has 1 saturated heterocycles. The van der Waals surface area contributed by atoms with Crippen LogP contribution >= 0.6 is 11.8 Å². The summed E-state index contributed by atoms with van der Waals surface area (Å²) >= 11 is 2.04. The average Bonchev–Trinajstić information content (AvgIpc) is 3.03. The van der Waals surface area contributed by atoms with Gasteiger partial charge < -0.3 is 0 Å². The number of nitrogens with zero attached hydrogens (tertiary/aromatic N) is 1. The second-order valence-corrected chi connectivity index (χ2v) is 8.45. The molecule has 0 amide bonds. The van der Waals surface area contributed by atoms with Crippen LogP contribution in [0.1, 0.15) is 6.42 Å². The molecule has 0 aromatic heterocycles. The highest BCUT2D eigenvalue weighted by atomic mass is 32.2. The summed E-state index contributed by atoms with van der Waals surface area (Å²) in [6.07, 6.45) is 6.12. The number of nitriles is 1. The summed E-state index contributed by atoms with van der Waals surface area (Å²) in [4.78, 5) is 0. The van der Waals surface area contributed by atoms with Gasteiger partial charge in [0.15, 0.2) is 0 Å². The fourth-order valence-corrected chi connectivity index (χ4v) is 5.22. The molecule has 1 heterocycles. The molecule has 14 heteroatoms. The topological polar surface area (TPSA) is 23.8 Å². The Morgan fingerprint density at radius 3 is 2.11 bits per heavy atom. The van der Waals surface area contributed by atoms with Gasteiger partial charge in [0.25, 0.3) is 0 Å². The van der Waals surface area contributed by atoms with Crippen LogP contribution in [0.4, 0.5) is 0 Å². The first kappa shape index (κ1) is 17.7. The molecule has 1 unspecified atom stereocenters. The van der Waals surface area contributed by atoms with Crippen LogP contribution in [-0.4, -0.2) is 95.9 Å². The summed E-state index contributed by atoms with van der Waals surface area (Å²) in [5.41, 5.74) is 0. The van der Waals surface area contributed by atoms with Crippen LogP contribution in [-0.2, 0) is 0 Å². The van der Waals surface area contributed by atoms with Crippen LogP contribution < -0.4 is 0 Å². The van der Waals surface area contributed by atoms with Gasteiger partial charge in [-0.15, -0.1) is 0 Å². The van der Waals surface area contributed by atoms with Crippen molar-refractivity contribution in [1.29, 1.82) is 5.26 Å². The lowest BCUT2D eigenvalue weighted by Gasteiger charge is -2.30. The maximum absolute atomic E-state index is 8.63. The van der Waals surface area contributed by atoms with Gasteiger partial charge in [-0.1, -0.05) is 6.32 Å². The molecule has 86 valence electrons. The van der Waals surface area contributed by atoms with Gasteiger partial charge in [-0.2, -0.15) is 17.0 Å². The van der Waals surface area contributed by atoms with Gasteiger partial charge >= 0.3 is 0 Å². The molecule has 0 spiro atoms. The predicted molar refractivity (Wildman–Crippen MR) is 117 cm³/mol. The monoisotopic (exact) mass is 257 g/mol. The van der Waals surface area contributed by atoms with Crippen LogP contribution in [0.2, 0.25) is 6.32 Å². The lowest BCUT2D eigenvalue weighted by atomic mass is 8.50. The minimum absolute atomic E-state index is 0.706. The van der Waals surface area contributed by atoms with Gasteiger partial charge in [-0.3, -0.25) is 0 Å². The molecule has 0 aromatic rings. The standard InChI is InChI=1S/C5H19B12NS/c6-13(7)16(17(14(8)9)15(10)11)12-4-5(12)19-3-1-2-18/h5H,1,3-4,6-11H2. The van der Waals surface area contributed by atoms with Crippen LogP contribution in [0.5, 0.6) is 0 Å². The summed E-state index contributed by atoms with van der Waals surface area (Å²) in [7, 11) is 14.4. The van der Waals surface area contributed by atoms with Crippen molar-refractivity contribution in [2.45, 2.75) is 17.9 Å². The number of hydrogen-bond acceptors (Lipinski definition) is 2. The lowest BCUT2D eigenvalue weighted by molar-refractivity contribution is 1.24. The van der Waals surface area contributed by atoms with Gasteiger partial charge in [0, 0.05) is 44.1 Å². The van der Waals surface area contributed by atoms with Gasteiger partial charge in [0.2, 0.25) is 0 Å². The Morgan fingerprint density at radius 1 is 1.11 bits per heavy atom. The molecule has 1 atom stereocenters. The van der Waals surface area contributed by atoms with Gasteiger partial charge in [0.05, 0.1) is 52.5 Å². The van der Waals surface area contributed by atoms with Crippen LogP contribution in [0.3, 0.4) is 0 Å². The zero-order chi connectivity index (χ0) is 14.6. The van der Waals surface area contributed by atoms with E-state index in [4.69, 9.17) is 5.26 Å². The van der Waals surface area contributed by atoms with Crippen molar-refractivity contribution < 1.29 is 0 Å². The normalized spacial score (nSPS) is 16.4. The smallest absolute Gasteiger partial charge is 0.106 e. The van der Waals surface area contributed by atoms with Crippen molar-refractivity contribution in [2.24, 2.45) is 0 Å². The molecular formula is C5H19B12NS. The molecule has 0 bridgehead atoms.